The van der Waals surface area contributed by atoms with Crippen LogP contribution in [0.2, 0.25) is 0 Å². The maximum Gasteiger partial charge on any atom is 0.113 e. The fourth-order valence-electron chi connectivity index (χ4n) is 2.92. The first-order valence-electron chi connectivity index (χ1n) is 8.35. The molecule has 2 aromatic carbocycles. The van der Waals surface area contributed by atoms with Crippen LogP contribution in [0.5, 0.6) is 0 Å². The first-order chi connectivity index (χ1) is 12.3. The topological polar surface area (TPSA) is 55.6 Å². The van der Waals surface area contributed by atoms with E-state index in [0.717, 1.165) is 46.5 Å². The zero-order valence-corrected chi connectivity index (χ0v) is 14.1. The van der Waals surface area contributed by atoms with Crippen molar-refractivity contribution in [3.8, 4) is 11.3 Å². The summed E-state index contributed by atoms with van der Waals surface area (Å²) in [6.45, 7) is 3.59. The van der Waals surface area contributed by atoms with Crippen LogP contribution in [0.25, 0.3) is 22.2 Å². The number of nitrogens with zero attached hydrogens (tertiary/aromatic N) is 4. The molecule has 0 unspecified atom stereocenters. The van der Waals surface area contributed by atoms with Gasteiger partial charge in [-0.1, -0.05) is 53.7 Å². The SMILES string of the molecule is Cc1cnc2ccccc2c1NCCn1cc(-c2ccccc2)nn1. The van der Waals surface area contributed by atoms with Gasteiger partial charge in [-0.05, 0) is 18.6 Å². The summed E-state index contributed by atoms with van der Waals surface area (Å²) in [5.41, 5.74) is 5.25. The quantitative estimate of drug-likeness (QED) is 0.603. The maximum absolute atomic E-state index is 4.48. The molecule has 124 valence electrons. The molecule has 0 atom stereocenters. The largest absolute Gasteiger partial charge is 0.382 e. The molecule has 4 rings (SSSR count). The highest BCUT2D eigenvalue weighted by Crippen LogP contribution is 2.25. The van der Waals surface area contributed by atoms with Crippen molar-refractivity contribution in [1.82, 2.24) is 20.0 Å². The van der Waals surface area contributed by atoms with Crippen molar-refractivity contribution in [2.24, 2.45) is 0 Å². The highest BCUT2D eigenvalue weighted by molar-refractivity contribution is 5.92. The molecule has 5 nitrogen and oxygen atoms in total. The minimum Gasteiger partial charge on any atom is -0.382 e. The van der Waals surface area contributed by atoms with Gasteiger partial charge in [0, 0.05) is 29.4 Å². The van der Waals surface area contributed by atoms with Crippen LogP contribution in [0.3, 0.4) is 0 Å². The zero-order valence-electron chi connectivity index (χ0n) is 14.1. The molecule has 0 radical (unpaired) electrons. The van der Waals surface area contributed by atoms with Crippen molar-refractivity contribution in [3.63, 3.8) is 0 Å². The maximum atomic E-state index is 4.48. The van der Waals surface area contributed by atoms with Crippen LogP contribution in [0.15, 0.2) is 67.0 Å². The fourth-order valence-corrected chi connectivity index (χ4v) is 2.92. The smallest absolute Gasteiger partial charge is 0.113 e. The number of hydrogen-bond acceptors (Lipinski definition) is 4. The lowest BCUT2D eigenvalue weighted by Crippen LogP contribution is -2.12. The molecule has 0 fully saturated rings. The molecule has 5 heteroatoms. The third kappa shape index (κ3) is 3.21. The molecule has 0 spiro atoms. The Kier molecular flexibility index (Phi) is 4.12. The van der Waals surface area contributed by atoms with Crippen LogP contribution in [-0.2, 0) is 6.54 Å². The molecule has 0 aliphatic heterocycles. The monoisotopic (exact) mass is 329 g/mol. The molecule has 0 saturated carbocycles. The van der Waals surface area contributed by atoms with Crippen molar-refractivity contribution in [2.45, 2.75) is 13.5 Å². The van der Waals surface area contributed by atoms with E-state index in [2.05, 4.69) is 33.6 Å². The minimum atomic E-state index is 0.746. The Balaban J connectivity index is 1.47. The van der Waals surface area contributed by atoms with Crippen LogP contribution in [-0.4, -0.2) is 26.5 Å². The van der Waals surface area contributed by atoms with E-state index < -0.39 is 0 Å². The number of hydrogen-bond donors (Lipinski definition) is 1. The molecule has 1 N–H and O–H groups in total. The normalized spacial score (nSPS) is 10.9. The van der Waals surface area contributed by atoms with Crippen LogP contribution in [0, 0.1) is 6.92 Å². The molecule has 25 heavy (non-hydrogen) atoms. The molecule has 0 aliphatic rings. The second kappa shape index (κ2) is 6.73. The van der Waals surface area contributed by atoms with E-state index in [-0.39, 0.29) is 0 Å². The zero-order chi connectivity index (χ0) is 17.1. The van der Waals surface area contributed by atoms with E-state index >= 15 is 0 Å². The molecule has 0 bridgehead atoms. The van der Waals surface area contributed by atoms with Crippen molar-refractivity contribution >= 4 is 16.6 Å². The van der Waals surface area contributed by atoms with Gasteiger partial charge in [-0.25, -0.2) is 0 Å². The van der Waals surface area contributed by atoms with Gasteiger partial charge in [0.25, 0.3) is 0 Å². The van der Waals surface area contributed by atoms with Gasteiger partial charge in [0.15, 0.2) is 0 Å². The molecule has 0 amide bonds. The Labute approximate surface area is 146 Å². The van der Waals surface area contributed by atoms with Crippen LogP contribution in [0.1, 0.15) is 5.56 Å². The Hall–Kier alpha value is -3.21. The van der Waals surface area contributed by atoms with E-state index in [0.29, 0.717) is 0 Å². The van der Waals surface area contributed by atoms with E-state index in [4.69, 9.17) is 0 Å². The molecule has 0 aliphatic carbocycles. The van der Waals surface area contributed by atoms with Gasteiger partial charge in [-0.15, -0.1) is 5.10 Å². The summed E-state index contributed by atoms with van der Waals surface area (Å²) in [4.78, 5) is 4.48. The third-order valence-corrected chi connectivity index (χ3v) is 4.22. The lowest BCUT2D eigenvalue weighted by atomic mass is 10.1. The van der Waals surface area contributed by atoms with Crippen LogP contribution >= 0.6 is 0 Å². The highest BCUT2D eigenvalue weighted by atomic mass is 15.4. The summed E-state index contributed by atoms with van der Waals surface area (Å²) >= 11 is 0. The number of fused-ring (bicyclic) bond motifs is 1. The van der Waals surface area contributed by atoms with Gasteiger partial charge in [-0.2, -0.15) is 0 Å². The summed E-state index contributed by atoms with van der Waals surface area (Å²) in [7, 11) is 0. The van der Waals surface area contributed by atoms with E-state index in [9.17, 15) is 0 Å². The van der Waals surface area contributed by atoms with Crippen molar-refractivity contribution < 1.29 is 0 Å². The Morgan fingerprint density at radius 2 is 1.80 bits per heavy atom. The molecular weight excluding hydrogens is 310 g/mol. The van der Waals surface area contributed by atoms with E-state index in [1.54, 1.807) is 0 Å². The first kappa shape index (κ1) is 15.3. The third-order valence-electron chi connectivity index (χ3n) is 4.22. The number of aryl methyl sites for hydroxylation is 1. The van der Waals surface area contributed by atoms with E-state index in [1.807, 2.05) is 65.6 Å². The van der Waals surface area contributed by atoms with Gasteiger partial charge in [0.2, 0.25) is 0 Å². The van der Waals surface area contributed by atoms with Gasteiger partial charge in [0.05, 0.1) is 18.3 Å². The number of benzene rings is 2. The lowest BCUT2D eigenvalue weighted by Gasteiger charge is -2.12. The van der Waals surface area contributed by atoms with E-state index in [1.165, 1.54) is 0 Å². The standard InChI is InChI=1S/C20H19N5/c1-15-13-22-18-10-6-5-9-17(18)20(15)21-11-12-25-14-19(23-24-25)16-7-3-2-4-8-16/h2-10,13-14H,11-12H2,1H3,(H,21,22). The Morgan fingerprint density at radius 1 is 1.00 bits per heavy atom. The molecular formula is C20H19N5. The number of aromatic nitrogens is 4. The van der Waals surface area contributed by atoms with Gasteiger partial charge < -0.3 is 5.32 Å². The number of para-hydroxylation sites is 1. The Morgan fingerprint density at radius 3 is 2.68 bits per heavy atom. The van der Waals surface area contributed by atoms with Crippen molar-refractivity contribution in [3.05, 3.63) is 72.6 Å². The van der Waals surface area contributed by atoms with Gasteiger partial charge >= 0.3 is 0 Å². The summed E-state index contributed by atoms with van der Waals surface area (Å²) < 4.78 is 1.87. The number of nitrogens with one attached hydrogen (secondary N) is 1. The second-order valence-electron chi connectivity index (χ2n) is 5.99. The molecule has 2 heterocycles. The minimum absolute atomic E-state index is 0.746. The predicted octanol–water partition coefficient (Wildman–Crippen LogP) is 3.91. The average Bonchev–Trinajstić information content (AvgIpc) is 3.13. The first-order valence-corrected chi connectivity index (χ1v) is 8.35. The number of anilines is 1. The second-order valence-corrected chi connectivity index (χ2v) is 5.99. The molecule has 0 saturated heterocycles. The van der Waals surface area contributed by atoms with Crippen LogP contribution in [0.4, 0.5) is 5.69 Å². The van der Waals surface area contributed by atoms with Crippen molar-refractivity contribution in [2.75, 3.05) is 11.9 Å². The van der Waals surface area contributed by atoms with Gasteiger partial charge in [0.1, 0.15) is 5.69 Å². The van der Waals surface area contributed by atoms with Crippen LogP contribution < -0.4 is 5.32 Å². The summed E-state index contributed by atoms with van der Waals surface area (Å²) in [6, 6.07) is 18.3. The highest BCUT2D eigenvalue weighted by Gasteiger charge is 2.06. The average molecular weight is 329 g/mol. The molecule has 2 aromatic heterocycles. The number of rotatable bonds is 5. The Bertz CT molecular complexity index is 991. The lowest BCUT2D eigenvalue weighted by molar-refractivity contribution is 0.609. The molecule has 4 aromatic rings. The predicted molar refractivity (Wildman–Crippen MR) is 100 cm³/mol. The number of pyridine rings is 1. The fraction of sp³-hybridized carbons (Fsp3) is 0.150. The summed E-state index contributed by atoms with van der Waals surface area (Å²) in [6.07, 6.45) is 3.89. The van der Waals surface area contributed by atoms with Gasteiger partial charge in [-0.3, -0.25) is 9.67 Å². The summed E-state index contributed by atoms with van der Waals surface area (Å²) in [5, 5.41) is 13.1. The summed E-state index contributed by atoms with van der Waals surface area (Å²) in [5.74, 6) is 0. The van der Waals surface area contributed by atoms with Crippen molar-refractivity contribution in [1.29, 1.82) is 0 Å².